The molecule has 20 heavy (non-hydrogen) atoms. The minimum absolute atomic E-state index is 0.00352. The lowest BCUT2D eigenvalue weighted by Gasteiger charge is -2.15. The van der Waals surface area contributed by atoms with Crippen LogP contribution in [0, 0.1) is 13.8 Å². The molecule has 0 aliphatic heterocycles. The number of anilines is 1. The molecule has 1 N–H and O–H groups in total. The number of benzene rings is 1. The van der Waals surface area contributed by atoms with Crippen molar-refractivity contribution in [2.75, 3.05) is 5.32 Å². The first kappa shape index (κ1) is 14.3. The first-order valence-electron chi connectivity index (χ1n) is 6.91. The van der Waals surface area contributed by atoms with Crippen LogP contribution in [0.15, 0.2) is 42.5 Å². The number of carbonyl (C=O) groups is 1. The Morgan fingerprint density at radius 2 is 1.90 bits per heavy atom. The second kappa shape index (κ2) is 6.33. The first-order chi connectivity index (χ1) is 9.60. The Bertz CT molecular complexity index is 573. The number of aromatic nitrogens is 1. The molecule has 1 heterocycles. The molecule has 0 saturated heterocycles. The van der Waals surface area contributed by atoms with Crippen LogP contribution in [0.1, 0.15) is 36.1 Å². The van der Waals surface area contributed by atoms with Crippen LogP contribution < -0.4 is 5.32 Å². The van der Waals surface area contributed by atoms with Crippen LogP contribution in [0.4, 0.5) is 5.82 Å². The van der Waals surface area contributed by atoms with E-state index in [4.69, 9.17) is 0 Å². The van der Waals surface area contributed by atoms with Gasteiger partial charge in [-0.3, -0.25) is 4.79 Å². The molecule has 0 spiro atoms. The molecule has 0 bridgehead atoms. The number of nitrogens with one attached hydrogen (secondary N) is 1. The number of pyridine rings is 1. The molecule has 0 aliphatic rings. The lowest BCUT2D eigenvalue weighted by Crippen LogP contribution is -2.21. The summed E-state index contributed by atoms with van der Waals surface area (Å²) >= 11 is 0. The fourth-order valence-electron chi connectivity index (χ4n) is 2.38. The molecule has 0 fully saturated rings. The Labute approximate surface area is 120 Å². The maximum Gasteiger partial charge on any atom is 0.233 e. The van der Waals surface area contributed by atoms with Crippen LogP contribution in [0.3, 0.4) is 0 Å². The second-order valence-corrected chi connectivity index (χ2v) is 5.03. The fourth-order valence-corrected chi connectivity index (χ4v) is 2.38. The fraction of sp³-hybridized carbons (Fsp3) is 0.294. The largest absolute Gasteiger partial charge is 0.310 e. The summed E-state index contributed by atoms with van der Waals surface area (Å²) in [7, 11) is 0. The lowest BCUT2D eigenvalue weighted by molar-refractivity contribution is -0.117. The van der Waals surface area contributed by atoms with E-state index in [9.17, 15) is 4.79 Å². The number of carbonyl (C=O) groups excluding carboxylic acids is 1. The minimum Gasteiger partial charge on any atom is -0.310 e. The quantitative estimate of drug-likeness (QED) is 0.915. The summed E-state index contributed by atoms with van der Waals surface area (Å²) in [5, 5.41) is 2.92. The standard InChI is InChI=1S/C17H20N2O/c1-4-15(14-8-6-5-7-9-14)17(20)19-16-11-12(2)10-13(3)18-16/h5-11,15H,4H2,1-3H3,(H,18,19,20). The highest BCUT2D eigenvalue weighted by molar-refractivity contribution is 5.95. The van der Waals surface area contributed by atoms with E-state index in [1.165, 1.54) is 0 Å². The SMILES string of the molecule is CCC(C(=O)Nc1cc(C)cc(C)n1)c1ccccc1. The highest BCUT2D eigenvalue weighted by Gasteiger charge is 2.18. The van der Waals surface area contributed by atoms with Crippen molar-refractivity contribution in [1.29, 1.82) is 0 Å². The third-order valence-corrected chi connectivity index (χ3v) is 3.28. The molecule has 0 radical (unpaired) electrons. The number of hydrogen-bond acceptors (Lipinski definition) is 2. The maximum absolute atomic E-state index is 12.4. The van der Waals surface area contributed by atoms with Crippen LogP contribution in [0.2, 0.25) is 0 Å². The highest BCUT2D eigenvalue weighted by Crippen LogP contribution is 2.21. The van der Waals surface area contributed by atoms with Crippen molar-refractivity contribution in [2.24, 2.45) is 0 Å². The molecule has 1 atom stereocenters. The van der Waals surface area contributed by atoms with Crippen molar-refractivity contribution in [2.45, 2.75) is 33.1 Å². The Hall–Kier alpha value is -2.16. The summed E-state index contributed by atoms with van der Waals surface area (Å²) in [5.74, 6) is 0.483. The van der Waals surface area contributed by atoms with Gasteiger partial charge in [-0.1, -0.05) is 37.3 Å². The topological polar surface area (TPSA) is 42.0 Å². The van der Waals surface area contributed by atoms with Crippen molar-refractivity contribution in [1.82, 2.24) is 4.98 Å². The van der Waals surface area contributed by atoms with Crippen LogP contribution >= 0.6 is 0 Å². The summed E-state index contributed by atoms with van der Waals surface area (Å²) < 4.78 is 0. The second-order valence-electron chi connectivity index (χ2n) is 5.03. The van der Waals surface area contributed by atoms with E-state index in [1.807, 2.05) is 63.2 Å². The van der Waals surface area contributed by atoms with Gasteiger partial charge in [-0.05, 0) is 43.5 Å². The average molecular weight is 268 g/mol. The van der Waals surface area contributed by atoms with E-state index >= 15 is 0 Å². The Kier molecular flexibility index (Phi) is 4.51. The van der Waals surface area contributed by atoms with Crippen molar-refractivity contribution in [3.63, 3.8) is 0 Å². The Balaban J connectivity index is 2.18. The van der Waals surface area contributed by atoms with E-state index in [0.29, 0.717) is 5.82 Å². The predicted molar refractivity (Wildman–Crippen MR) is 81.8 cm³/mol. The summed E-state index contributed by atoms with van der Waals surface area (Å²) in [6.45, 7) is 5.95. The van der Waals surface area contributed by atoms with Gasteiger partial charge in [0.15, 0.2) is 0 Å². The van der Waals surface area contributed by atoms with E-state index in [2.05, 4.69) is 10.3 Å². The number of nitrogens with zero attached hydrogens (tertiary/aromatic N) is 1. The number of hydrogen-bond donors (Lipinski definition) is 1. The predicted octanol–water partition coefficient (Wildman–Crippen LogP) is 3.83. The average Bonchev–Trinajstić information content (AvgIpc) is 2.39. The van der Waals surface area contributed by atoms with E-state index in [-0.39, 0.29) is 11.8 Å². The molecule has 0 saturated carbocycles. The summed E-state index contributed by atoms with van der Waals surface area (Å²) in [6, 6.07) is 13.7. The molecule has 104 valence electrons. The van der Waals surface area contributed by atoms with Gasteiger partial charge in [0.2, 0.25) is 5.91 Å². The van der Waals surface area contributed by atoms with E-state index in [0.717, 1.165) is 23.2 Å². The van der Waals surface area contributed by atoms with Gasteiger partial charge >= 0.3 is 0 Å². The van der Waals surface area contributed by atoms with Crippen LogP contribution in [-0.4, -0.2) is 10.9 Å². The highest BCUT2D eigenvalue weighted by atomic mass is 16.1. The van der Waals surface area contributed by atoms with Crippen molar-refractivity contribution in [3.05, 3.63) is 59.3 Å². The summed E-state index contributed by atoms with van der Waals surface area (Å²) in [4.78, 5) is 16.8. The van der Waals surface area contributed by atoms with Gasteiger partial charge < -0.3 is 5.32 Å². The molecule has 2 rings (SSSR count). The molecule has 1 amide bonds. The molecule has 0 aliphatic carbocycles. The molecule has 1 unspecified atom stereocenters. The zero-order chi connectivity index (χ0) is 14.5. The molecule has 2 aromatic rings. The van der Waals surface area contributed by atoms with E-state index < -0.39 is 0 Å². The molecule has 3 nitrogen and oxygen atoms in total. The van der Waals surface area contributed by atoms with Crippen molar-refractivity contribution >= 4 is 11.7 Å². The Morgan fingerprint density at radius 1 is 1.20 bits per heavy atom. The van der Waals surface area contributed by atoms with Gasteiger partial charge in [-0.15, -0.1) is 0 Å². The van der Waals surface area contributed by atoms with Gasteiger partial charge in [0.05, 0.1) is 5.92 Å². The summed E-state index contributed by atoms with van der Waals surface area (Å²) in [5.41, 5.74) is 3.05. The monoisotopic (exact) mass is 268 g/mol. The van der Waals surface area contributed by atoms with Crippen LogP contribution in [0.25, 0.3) is 0 Å². The van der Waals surface area contributed by atoms with Crippen LogP contribution in [0.5, 0.6) is 0 Å². The minimum atomic E-state index is -0.140. The molecule has 1 aromatic heterocycles. The normalized spacial score (nSPS) is 11.9. The van der Waals surface area contributed by atoms with Crippen LogP contribution in [-0.2, 0) is 4.79 Å². The number of amides is 1. The lowest BCUT2D eigenvalue weighted by atomic mass is 9.96. The van der Waals surface area contributed by atoms with Crippen molar-refractivity contribution < 1.29 is 4.79 Å². The molecular formula is C17H20N2O. The van der Waals surface area contributed by atoms with Gasteiger partial charge in [-0.2, -0.15) is 0 Å². The zero-order valence-electron chi connectivity index (χ0n) is 12.2. The molecular weight excluding hydrogens is 248 g/mol. The summed E-state index contributed by atoms with van der Waals surface area (Å²) in [6.07, 6.45) is 0.765. The smallest absolute Gasteiger partial charge is 0.233 e. The number of rotatable bonds is 4. The zero-order valence-corrected chi connectivity index (χ0v) is 12.2. The van der Waals surface area contributed by atoms with Gasteiger partial charge in [0, 0.05) is 5.69 Å². The molecule has 1 aromatic carbocycles. The van der Waals surface area contributed by atoms with Gasteiger partial charge in [0.1, 0.15) is 5.82 Å². The third kappa shape index (κ3) is 3.44. The van der Waals surface area contributed by atoms with Gasteiger partial charge in [-0.25, -0.2) is 4.98 Å². The maximum atomic E-state index is 12.4. The number of aryl methyl sites for hydroxylation is 2. The third-order valence-electron chi connectivity index (χ3n) is 3.28. The first-order valence-corrected chi connectivity index (χ1v) is 6.91. The molecule has 3 heteroatoms. The van der Waals surface area contributed by atoms with Crippen molar-refractivity contribution in [3.8, 4) is 0 Å². The van der Waals surface area contributed by atoms with Gasteiger partial charge in [0.25, 0.3) is 0 Å². The van der Waals surface area contributed by atoms with E-state index in [1.54, 1.807) is 0 Å². The Morgan fingerprint density at radius 3 is 2.50 bits per heavy atom.